The number of nitrogens with zero attached hydrogens (tertiary/aromatic N) is 1. The van der Waals surface area contributed by atoms with Crippen molar-refractivity contribution in [3.05, 3.63) is 72.4 Å². The van der Waals surface area contributed by atoms with Crippen molar-refractivity contribution in [3.8, 4) is 0 Å². The van der Waals surface area contributed by atoms with Crippen LogP contribution in [0.15, 0.2) is 71.8 Å². The lowest BCUT2D eigenvalue weighted by molar-refractivity contribution is -0.129. The molecule has 1 aromatic heterocycles. The smallest absolute Gasteiger partial charge is 0.251 e. The number of aromatic nitrogens is 1. The first-order valence-electron chi connectivity index (χ1n) is 11.0. The average Bonchev–Trinajstić information content (AvgIpc) is 2.83. The molecule has 0 aliphatic rings. The summed E-state index contributed by atoms with van der Waals surface area (Å²) in [5.41, 5.74) is 12.2. The average molecular weight is 497 g/mol. The molecule has 0 fully saturated rings. The van der Waals surface area contributed by atoms with E-state index in [2.05, 4.69) is 10.3 Å². The van der Waals surface area contributed by atoms with Gasteiger partial charge in [-0.25, -0.2) is 8.42 Å². The second kappa shape index (κ2) is 10.4. The summed E-state index contributed by atoms with van der Waals surface area (Å²) in [5.74, 6) is -2.35. The number of pyridine rings is 1. The summed E-state index contributed by atoms with van der Waals surface area (Å²) in [7, 11) is -4.62. The van der Waals surface area contributed by atoms with Gasteiger partial charge in [-0.3, -0.25) is 30.8 Å². The highest BCUT2D eigenvalue weighted by Crippen LogP contribution is 2.26. The van der Waals surface area contributed by atoms with E-state index in [9.17, 15) is 22.8 Å². The third-order valence-corrected chi connectivity index (χ3v) is 7.56. The van der Waals surface area contributed by atoms with E-state index in [1.165, 1.54) is 18.3 Å². The molecule has 9 nitrogen and oxygen atoms in total. The fourth-order valence-electron chi connectivity index (χ4n) is 3.62. The van der Waals surface area contributed by atoms with Crippen molar-refractivity contribution in [3.63, 3.8) is 0 Å². The van der Waals surface area contributed by atoms with Gasteiger partial charge >= 0.3 is 0 Å². The summed E-state index contributed by atoms with van der Waals surface area (Å²) in [6.45, 7) is 3.70. The van der Waals surface area contributed by atoms with Crippen LogP contribution in [0.25, 0.3) is 10.9 Å². The van der Waals surface area contributed by atoms with Gasteiger partial charge in [-0.15, -0.1) is 0 Å². The zero-order valence-corrected chi connectivity index (χ0v) is 20.3. The summed E-state index contributed by atoms with van der Waals surface area (Å²) in [4.78, 5) is 39.5. The van der Waals surface area contributed by atoms with Gasteiger partial charge in [0.2, 0.25) is 14.8 Å². The molecule has 0 saturated carbocycles. The molecule has 1 heterocycles. The topological polar surface area (TPSA) is 162 Å². The van der Waals surface area contributed by atoms with E-state index >= 15 is 0 Å². The van der Waals surface area contributed by atoms with Gasteiger partial charge in [0.15, 0.2) is 11.6 Å². The molecule has 184 valence electrons. The Balaban J connectivity index is 1.84. The number of hydrogen-bond donors (Lipinski definition) is 3. The van der Waals surface area contributed by atoms with Crippen LogP contribution in [0, 0.1) is 5.92 Å². The van der Waals surface area contributed by atoms with Crippen LogP contribution in [0.2, 0.25) is 0 Å². The molecule has 0 spiro atoms. The minimum Gasteiger partial charge on any atom is -0.342 e. The van der Waals surface area contributed by atoms with Crippen LogP contribution < -0.4 is 16.8 Å². The highest BCUT2D eigenvalue weighted by Gasteiger charge is 2.46. The van der Waals surface area contributed by atoms with Crippen LogP contribution in [-0.4, -0.2) is 41.9 Å². The largest absolute Gasteiger partial charge is 0.342 e. The maximum Gasteiger partial charge on any atom is 0.251 e. The summed E-state index contributed by atoms with van der Waals surface area (Å²) in [6.07, 6.45) is 0.789. The van der Waals surface area contributed by atoms with Gasteiger partial charge in [-0.05, 0) is 36.6 Å². The minimum absolute atomic E-state index is 0.00104. The van der Waals surface area contributed by atoms with Crippen molar-refractivity contribution in [1.29, 1.82) is 0 Å². The lowest BCUT2D eigenvalue weighted by Gasteiger charge is -2.25. The Labute approximate surface area is 203 Å². The summed E-state index contributed by atoms with van der Waals surface area (Å²) in [5, 5.41) is 3.16. The summed E-state index contributed by atoms with van der Waals surface area (Å²) >= 11 is 0. The number of ketones is 2. The van der Waals surface area contributed by atoms with Gasteiger partial charge in [0.05, 0.1) is 22.9 Å². The lowest BCUT2D eigenvalue weighted by atomic mass is 9.96. The molecular weight excluding hydrogens is 468 g/mol. The number of nitrogens with one attached hydrogen (secondary N) is 1. The molecule has 0 unspecified atom stereocenters. The van der Waals surface area contributed by atoms with Crippen molar-refractivity contribution >= 4 is 38.2 Å². The zero-order chi connectivity index (χ0) is 25.8. The molecule has 2 aromatic carbocycles. The molecule has 0 aliphatic carbocycles. The number of rotatable bonds is 10. The van der Waals surface area contributed by atoms with Gasteiger partial charge in [0.1, 0.15) is 0 Å². The predicted octanol–water partition coefficient (Wildman–Crippen LogP) is 1.95. The third-order valence-electron chi connectivity index (χ3n) is 5.54. The fraction of sp³-hybridized carbons (Fsp3) is 0.280. The second-order valence-electron chi connectivity index (χ2n) is 8.72. The van der Waals surface area contributed by atoms with E-state index in [0.717, 1.165) is 0 Å². The Morgan fingerprint density at radius 3 is 2.29 bits per heavy atom. The number of carbonyl (C=O) groups is 3. The number of para-hydroxylation sites is 1. The first-order valence-corrected chi connectivity index (χ1v) is 12.5. The molecule has 10 heteroatoms. The first-order chi connectivity index (χ1) is 16.4. The SMILES string of the molecule is CC(C)C[C@H](NC(=O)c1ccccc1)C(=O)CC(=O)C(N)(N)S(=O)(=O)c1cccc2cccnc12. The summed E-state index contributed by atoms with van der Waals surface area (Å²) in [6, 6.07) is 15.0. The van der Waals surface area contributed by atoms with E-state index in [1.807, 2.05) is 13.8 Å². The Morgan fingerprint density at radius 1 is 0.971 bits per heavy atom. The molecule has 0 radical (unpaired) electrons. The number of amides is 1. The number of nitrogens with two attached hydrogens (primary N) is 2. The predicted molar refractivity (Wildman–Crippen MR) is 132 cm³/mol. The molecule has 5 N–H and O–H groups in total. The van der Waals surface area contributed by atoms with Crippen molar-refractivity contribution in [1.82, 2.24) is 10.3 Å². The molecule has 3 aromatic rings. The molecule has 0 aliphatic heterocycles. The third kappa shape index (κ3) is 5.61. The van der Waals surface area contributed by atoms with Crippen LogP contribution in [-0.2, 0) is 19.4 Å². The number of Topliss-reactive ketones (excluding diaryl/α,β-unsaturated/α-hetero) is 2. The van der Waals surface area contributed by atoms with Gasteiger partial charge in [0.25, 0.3) is 5.91 Å². The van der Waals surface area contributed by atoms with Gasteiger partial charge in [0, 0.05) is 17.1 Å². The summed E-state index contributed by atoms with van der Waals surface area (Å²) < 4.78 is 26.6. The van der Waals surface area contributed by atoms with E-state index in [0.29, 0.717) is 10.9 Å². The molecule has 0 bridgehead atoms. The zero-order valence-electron chi connectivity index (χ0n) is 19.5. The highest BCUT2D eigenvalue weighted by atomic mass is 32.2. The molecule has 35 heavy (non-hydrogen) atoms. The van der Waals surface area contributed by atoms with E-state index < -0.39 is 44.8 Å². The van der Waals surface area contributed by atoms with Crippen LogP contribution in [0.1, 0.15) is 37.0 Å². The van der Waals surface area contributed by atoms with Crippen molar-refractivity contribution in [2.75, 3.05) is 0 Å². The number of sulfone groups is 1. The molecule has 3 rings (SSSR count). The van der Waals surface area contributed by atoms with Gasteiger partial charge in [-0.2, -0.15) is 0 Å². The van der Waals surface area contributed by atoms with E-state index in [1.54, 1.807) is 48.5 Å². The number of benzene rings is 2. The number of hydrogen-bond acceptors (Lipinski definition) is 8. The molecule has 0 saturated heterocycles. The highest BCUT2D eigenvalue weighted by molar-refractivity contribution is 7.93. The van der Waals surface area contributed by atoms with Crippen LogP contribution >= 0.6 is 0 Å². The Morgan fingerprint density at radius 2 is 1.63 bits per heavy atom. The number of carbonyl (C=O) groups excluding carboxylic acids is 3. The minimum atomic E-state index is -4.62. The fourth-order valence-corrected chi connectivity index (χ4v) is 5.04. The van der Waals surface area contributed by atoms with Crippen molar-refractivity contribution < 1.29 is 22.8 Å². The van der Waals surface area contributed by atoms with E-state index in [-0.39, 0.29) is 22.8 Å². The maximum absolute atomic E-state index is 13.3. The standard InChI is InChI=1S/C25H28N4O5S/c1-16(2)14-19(29-24(32)18-8-4-3-5-9-18)20(30)15-22(31)25(26,27)35(33,34)21-12-6-10-17-11-7-13-28-23(17)21/h3-13,16,19H,14-15,26-27H2,1-2H3,(H,29,32)/t19-/m0/s1. The lowest BCUT2D eigenvalue weighted by Crippen LogP contribution is -2.63. The van der Waals surface area contributed by atoms with Gasteiger partial charge in [-0.1, -0.05) is 50.2 Å². The Hall–Kier alpha value is -3.47. The maximum atomic E-state index is 13.3. The van der Waals surface area contributed by atoms with Crippen molar-refractivity contribution in [2.45, 2.75) is 42.6 Å². The normalized spacial score (nSPS) is 12.9. The van der Waals surface area contributed by atoms with Crippen LogP contribution in [0.4, 0.5) is 0 Å². The second-order valence-corrected chi connectivity index (χ2v) is 10.8. The first kappa shape index (κ1) is 26.1. The van der Waals surface area contributed by atoms with Crippen LogP contribution in [0.3, 0.4) is 0 Å². The Kier molecular flexibility index (Phi) is 7.79. The van der Waals surface area contributed by atoms with Crippen molar-refractivity contribution in [2.24, 2.45) is 17.4 Å². The molecule has 1 atom stereocenters. The monoisotopic (exact) mass is 496 g/mol. The van der Waals surface area contributed by atoms with E-state index in [4.69, 9.17) is 11.5 Å². The Bertz CT molecular complexity index is 1350. The van der Waals surface area contributed by atoms with Crippen LogP contribution in [0.5, 0.6) is 0 Å². The molecular formula is C25H28N4O5S. The quantitative estimate of drug-likeness (QED) is 0.283. The van der Waals surface area contributed by atoms with Gasteiger partial charge < -0.3 is 5.32 Å². The number of fused-ring (bicyclic) bond motifs is 1. The molecule has 1 amide bonds.